The van der Waals surface area contributed by atoms with Crippen LogP contribution in [0.4, 0.5) is 0 Å². The SMILES string of the molecule is Oc1cccc(-c2ccc(-c3cccc(O)c3O)cc2)c1O. The highest BCUT2D eigenvalue weighted by Crippen LogP contribution is 2.39. The first-order valence-corrected chi connectivity index (χ1v) is 6.70. The molecule has 0 amide bonds. The standard InChI is InChI=1S/C18H14O4/c19-15-5-1-3-13(17(15)21)11-7-9-12(10-8-11)14-4-2-6-16(20)18(14)22/h1-10,19-22H. The molecule has 0 aliphatic rings. The van der Waals surface area contributed by atoms with Crippen molar-refractivity contribution >= 4 is 0 Å². The highest BCUT2D eigenvalue weighted by atomic mass is 16.3. The molecule has 0 heterocycles. The van der Waals surface area contributed by atoms with E-state index in [1.165, 1.54) is 12.1 Å². The summed E-state index contributed by atoms with van der Waals surface area (Å²) in [6.07, 6.45) is 0. The number of rotatable bonds is 2. The summed E-state index contributed by atoms with van der Waals surface area (Å²) in [5.74, 6) is -0.690. The van der Waals surface area contributed by atoms with E-state index in [4.69, 9.17) is 0 Å². The summed E-state index contributed by atoms with van der Waals surface area (Å²) < 4.78 is 0. The number of aromatic hydroxyl groups is 4. The maximum Gasteiger partial charge on any atom is 0.165 e. The lowest BCUT2D eigenvalue weighted by Crippen LogP contribution is -1.83. The first-order valence-electron chi connectivity index (χ1n) is 6.70. The minimum Gasteiger partial charge on any atom is -0.504 e. The molecular weight excluding hydrogens is 280 g/mol. The molecule has 4 nitrogen and oxygen atoms in total. The van der Waals surface area contributed by atoms with Crippen LogP contribution >= 0.6 is 0 Å². The summed E-state index contributed by atoms with van der Waals surface area (Å²) in [7, 11) is 0. The van der Waals surface area contributed by atoms with Crippen molar-refractivity contribution in [3.63, 3.8) is 0 Å². The van der Waals surface area contributed by atoms with E-state index < -0.39 is 0 Å². The predicted molar refractivity (Wildman–Crippen MR) is 84.0 cm³/mol. The monoisotopic (exact) mass is 294 g/mol. The van der Waals surface area contributed by atoms with Crippen molar-refractivity contribution in [1.82, 2.24) is 0 Å². The van der Waals surface area contributed by atoms with Gasteiger partial charge in [0, 0.05) is 11.1 Å². The number of hydrogen-bond acceptors (Lipinski definition) is 4. The van der Waals surface area contributed by atoms with Gasteiger partial charge in [-0.25, -0.2) is 0 Å². The fourth-order valence-electron chi connectivity index (χ4n) is 2.36. The minimum absolute atomic E-state index is 0.171. The Morgan fingerprint density at radius 3 is 1.18 bits per heavy atom. The number of benzene rings is 3. The van der Waals surface area contributed by atoms with E-state index in [1.807, 2.05) is 0 Å². The van der Waals surface area contributed by atoms with E-state index in [2.05, 4.69) is 0 Å². The first kappa shape index (κ1) is 13.8. The zero-order valence-corrected chi connectivity index (χ0v) is 11.6. The third-order valence-corrected chi connectivity index (χ3v) is 3.54. The van der Waals surface area contributed by atoms with Crippen molar-refractivity contribution in [3.05, 3.63) is 60.7 Å². The molecule has 0 radical (unpaired) electrons. The lowest BCUT2D eigenvalue weighted by atomic mass is 9.99. The van der Waals surface area contributed by atoms with E-state index >= 15 is 0 Å². The van der Waals surface area contributed by atoms with Crippen LogP contribution in [0, 0.1) is 0 Å². The zero-order valence-electron chi connectivity index (χ0n) is 11.6. The van der Waals surface area contributed by atoms with Gasteiger partial charge in [-0.2, -0.15) is 0 Å². The topological polar surface area (TPSA) is 80.9 Å². The van der Waals surface area contributed by atoms with Crippen LogP contribution in [0.5, 0.6) is 23.0 Å². The largest absolute Gasteiger partial charge is 0.504 e. The first-order chi connectivity index (χ1) is 10.6. The maximum absolute atomic E-state index is 9.89. The number of phenols is 4. The molecule has 0 bridgehead atoms. The van der Waals surface area contributed by atoms with Crippen LogP contribution in [-0.2, 0) is 0 Å². The Morgan fingerprint density at radius 1 is 0.455 bits per heavy atom. The normalized spacial score (nSPS) is 10.5. The molecule has 0 fully saturated rings. The smallest absolute Gasteiger partial charge is 0.165 e. The molecule has 0 aromatic heterocycles. The average molecular weight is 294 g/mol. The second kappa shape index (κ2) is 5.33. The number of phenolic OH excluding ortho intramolecular Hbond substituents is 4. The molecule has 4 heteroatoms. The highest BCUT2D eigenvalue weighted by molar-refractivity contribution is 5.78. The molecule has 4 N–H and O–H groups in total. The van der Waals surface area contributed by atoms with Crippen LogP contribution in [0.1, 0.15) is 0 Å². The van der Waals surface area contributed by atoms with Crippen LogP contribution in [-0.4, -0.2) is 20.4 Å². The second-order valence-corrected chi connectivity index (χ2v) is 4.92. The molecule has 0 atom stereocenters. The molecule has 0 spiro atoms. The Balaban J connectivity index is 2.03. The van der Waals surface area contributed by atoms with Crippen molar-refractivity contribution in [3.8, 4) is 45.3 Å². The molecule has 0 aliphatic carbocycles. The van der Waals surface area contributed by atoms with E-state index in [0.29, 0.717) is 11.1 Å². The second-order valence-electron chi connectivity index (χ2n) is 4.92. The van der Waals surface area contributed by atoms with E-state index in [9.17, 15) is 20.4 Å². The Hall–Kier alpha value is -3.14. The van der Waals surface area contributed by atoms with Gasteiger partial charge in [-0.3, -0.25) is 0 Å². The summed E-state index contributed by atoms with van der Waals surface area (Å²) >= 11 is 0. The highest BCUT2D eigenvalue weighted by Gasteiger charge is 2.10. The van der Waals surface area contributed by atoms with Gasteiger partial charge in [0.25, 0.3) is 0 Å². The lowest BCUT2D eigenvalue weighted by Gasteiger charge is -2.09. The van der Waals surface area contributed by atoms with Gasteiger partial charge < -0.3 is 20.4 Å². The Kier molecular flexibility index (Phi) is 3.35. The van der Waals surface area contributed by atoms with Crippen molar-refractivity contribution in [1.29, 1.82) is 0 Å². The summed E-state index contributed by atoms with van der Waals surface area (Å²) in [5, 5.41) is 38.9. The van der Waals surface area contributed by atoms with Crippen LogP contribution in [0.25, 0.3) is 22.3 Å². The van der Waals surface area contributed by atoms with E-state index in [0.717, 1.165) is 11.1 Å². The molecule has 110 valence electrons. The van der Waals surface area contributed by atoms with Gasteiger partial charge in [0.15, 0.2) is 23.0 Å². The number of para-hydroxylation sites is 2. The van der Waals surface area contributed by atoms with Gasteiger partial charge in [0.1, 0.15) is 0 Å². The average Bonchev–Trinajstić information content (AvgIpc) is 2.53. The summed E-state index contributed by atoms with van der Waals surface area (Å²) in [5.41, 5.74) is 2.51. The van der Waals surface area contributed by atoms with Gasteiger partial charge in [0.05, 0.1) is 0 Å². The Morgan fingerprint density at radius 2 is 0.818 bits per heavy atom. The fourth-order valence-corrected chi connectivity index (χ4v) is 2.36. The van der Waals surface area contributed by atoms with Crippen LogP contribution in [0.2, 0.25) is 0 Å². The van der Waals surface area contributed by atoms with Crippen LogP contribution in [0.3, 0.4) is 0 Å². The van der Waals surface area contributed by atoms with Crippen LogP contribution in [0.15, 0.2) is 60.7 Å². The van der Waals surface area contributed by atoms with Gasteiger partial charge in [0.2, 0.25) is 0 Å². The number of hydrogen-bond donors (Lipinski definition) is 4. The third kappa shape index (κ3) is 2.31. The molecule has 0 saturated heterocycles. The summed E-state index contributed by atoms with van der Waals surface area (Å²) in [6.45, 7) is 0. The molecule has 3 rings (SSSR count). The fraction of sp³-hybridized carbons (Fsp3) is 0. The van der Waals surface area contributed by atoms with Crippen molar-refractivity contribution in [2.45, 2.75) is 0 Å². The van der Waals surface area contributed by atoms with E-state index in [1.54, 1.807) is 48.5 Å². The van der Waals surface area contributed by atoms with Gasteiger partial charge >= 0.3 is 0 Å². The molecule has 3 aromatic rings. The van der Waals surface area contributed by atoms with Gasteiger partial charge in [-0.05, 0) is 23.3 Å². The molecular formula is C18H14O4. The third-order valence-electron chi connectivity index (χ3n) is 3.54. The van der Waals surface area contributed by atoms with Crippen molar-refractivity contribution < 1.29 is 20.4 Å². The summed E-state index contributed by atoms with van der Waals surface area (Å²) in [4.78, 5) is 0. The van der Waals surface area contributed by atoms with E-state index in [-0.39, 0.29) is 23.0 Å². The van der Waals surface area contributed by atoms with Gasteiger partial charge in [-0.15, -0.1) is 0 Å². The Labute approximate surface area is 127 Å². The molecule has 0 aliphatic heterocycles. The molecule has 0 unspecified atom stereocenters. The van der Waals surface area contributed by atoms with Crippen molar-refractivity contribution in [2.24, 2.45) is 0 Å². The molecule has 0 saturated carbocycles. The Bertz CT molecular complexity index is 752. The van der Waals surface area contributed by atoms with Crippen molar-refractivity contribution in [2.75, 3.05) is 0 Å². The quantitative estimate of drug-likeness (QED) is 0.541. The maximum atomic E-state index is 9.89. The predicted octanol–water partition coefficient (Wildman–Crippen LogP) is 3.84. The van der Waals surface area contributed by atoms with Gasteiger partial charge in [-0.1, -0.05) is 48.5 Å². The molecule has 3 aromatic carbocycles. The van der Waals surface area contributed by atoms with Crippen LogP contribution < -0.4 is 0 Å². The minimum atomic E-state index is -0.174. The molecule has 22 heavy (non-hydrogen) atoms. The lowest BCUT2D eigenvalue weighted by molar-refractivity contribution is 0.405. The zero-order chi connectivity index (χ0) is 15.7. The summed E-state index contributed by atoms with van der Waals surface area (Å²) in [6, 6.07) is 16.6.